The van der Waals surface area contributed by atoms with Crippen LogP contribution in [0.5, 0.6) is 0 Å². The molecule has 0 spiro atoms. The topological polar surface area (TPSA) is 308 Å². The van der Waals surface area contributed by atoms with E-state index >= 15 is 0 Å². The smallest absolute Gasteiger partial charge is 0.303 e. The lowest BCUT2D eigenvalue weighted by molar-refractivity contribution is -0.255. The van der Waals surface area contributed by atoms with Gasteiger partial charge in [0.2, 0.25) is 17.7 Å². The second-order valence-electron chi connectivity index (χ2n) is 26.1. The highest BCUT2D eigenvalue weighted by atomic mass is 16.7. The molecule has 3 amide bonds. The SMILES string of the molecule is CC(=O)OCC1O[C@@H](OCCCCC(=O)NCCCCC(CC(=O)C(CCCCNC(O)CCCCO[C@@H]2OC(COC(C)=O)[C@H](C)[C@H](C)C2C)NC(=O)CCCCO[C@@H]2OC(COC(C)=O)[C@H](C)[C@H](C)C2C)C(=O)NCCCCCC(=O)O)C(C)[C@@H](C)[C@H]1C. The van der Waals surface area contributed by atoms with Gasteiger partial charge in [0.25, 0.3) is 0 Å². The summed E-state index contributed by atoms with van der Waals surface area (Å²) in [5.41, 5.74) is 0. The van der Waals surface area contributed by atoms with Crippen molar-refractivity contribution in [3.8, 4) is 0 Å². The molecule has 90 heavy (non-hydrogen) atoms. The Morgan fingerprint density at radius 1 is 0.433 bits per heavy atom. The fourth-order valence-electron chi connectivity index (χ4n) is 11.9. The van der Waals surface area contributed by atoms with Crippen molar-refractivity contribution < 1.29 is 91.2 Å². The molecule has 3 rings (SSSR count). The monoisotopic (exact) mass is 1280 g/mol. The molecular formula is C67H118N4O19. The summed E-state index contributed by atoms with van der Waals surface area (Å²) in [6.45, 7) is 25.9. The number of amides is 3. The van der Waals surface area contributed by atoms with E-state index in [-0.39, 0.29) is 140 Å². The van der Waals surface area contributed by atoms with E-state index in [0.29, 0.717) is 160 Å². The molecule has 3 heterocycles. The van der Waals surface area contributed by atoms with Gasteiger partial charge in [0.1, 0.15) is 26.0 Å². The van der Waals surface area contributed by atoms with Gasteiger partial charge in [0, 0.05) is 103 Å². The van der Waals surface area contributed by atoms with Gasteiger partial charge in [-0.2, -0.15) is 0 Å². The van der Waals surface area contributed by atoms with Crippen LogP contribution >= 0.6 is 0 Å². The van der Waals surface area contributed by atoms with Crippen molar-refractivity contribution in [3.63, 3.8) is 0 Å². The van der Waals surface area contributed by atoms with E-state index in [1.54, 1.807) is 0 Å². The van der Waals surface area contributed by atoms with E-state index in [1.165, 1.54) is 20.8 Å². The highest BCUT2D eigenvalue weighted by Crippen LogP contribution is 2.38. The summed E-state index contributed by atoms with van der Waals surface area (Å²) in [6.07, 6.45) is 6.12. The summed E-state index contributed by atoms with van der Waals surface area (Å²) in [6, 6.07) is -0.877. The van der Waals surface area contributed by atoms with Gasteiger partial charge < -0.3 is 68.8 Å². The molecule has 0 saturated carbocycles. The fourth-order valence-corrected chi connectivity index (χ4v) is 11.9. The number of aliphatic hydroxyl groups is 1. The number of esters is 3. The number of ketones is 1. The van der Waals surface area contributed by atoms with E-state index in [1.807, 2.05) is 0 Å². The maximum atomic E-state index is 14.4. The third kappa shape index (κ3) is 31.0. The zero-order valence-corrected chi connectivity index (χ0v) is 56.7. The zero-order chi connectivity index (χ0) is 66.7. The molecule has 23 nitrogen and oxygen atoms in total. The number of hydrogen-bond donors (Lipinski definition) is 6. The van der Waals surface area contributed by atoms with Gasteiger partial charge in [-0.25, -0.2) is 0 Å². The number of nitrogens with one attached hydrogen (secondary N) is 4. The van der Waals surface area contributed by atoms with Crippen molar-refractivity contribution in [2.45, 2.75) is 261 Å². The van der Waals surface area contributed by atoms with Crippen LogP contribution in [0.15, 0.2) is 0 Å². The van der Waals surface area contributed by atoms with Crippen LogP contribution in [-0.4, -0.2) is 166 Å². The number of ether oxygens (including phenoxy) is 9. The summed E-state index contributed by atoms with van der Waals surface area (Å²) in [7, 11) is 0. The Hall–Kier alpha value is -4.36. The molecule has 9 unspecified atom stereocenters. The predicted octanol–water partition coefficient (Wildman–Crippen LogP) is 8.32. The molecule has 0 aromatic carbocycles. The zero-order valence-electron chi connectivity index (χ0n) is 56.7. The first kappa shape index (κ1) is 79.9. The Balaban J connectivity index is 1.57. The van der Waals surface area contributed by atoms with Gasteiger partial charge in [-0.15, -0.1) is 0 Å². The van der Waals surface area contributed by atoms with Crippen LogP contribution in [0.25, 0.3) is 0 Å². The lowest BCUT2D eigenvalue weighted by Gasteiger charge is -2.43. The first-order valence-electron chi connectivity index (χ1n) is 34.0. The molecule has 3 saturated heterocycles. The van der Waals surface area contributed by atoms with E-state index in [2.05, 4.69) is 83.6 Å². The molecule has 0 radical (unpaired) electrons. The minimum atomic E-state index is -0.882. The predicted molar refractivity (Wildman–Crippen MR) is 337 cm³/mol. The first-order chi connectivity index (χ1) is 42.8. The van der Waals surface area contributed by atoms with Gasteiger partial charge in [0.15, 0.2) is 24.7 Å². The number of carboxylic acid groups (broad SMARTS) is 1. The lowest BCUT2D eigenvalue weighted by atomic mass is 9.79. The van der Waals surface area contributed by atoms with Crippen LogP contribution in [0.2, 0.25) is 0 Å². The first-order valence-corrected chi connectivity index (χ1v) is 34.0. The highest BCUT2D eigenvalue weighted by Gasteiger charge is 2.43. The van der Waals surface area contributed by atoms with Gasteiger partial charge >= 0.3 is 23.9 Å². The van der Waals surface area contributed by atoms with Gasteiger partial charge in [-0.05, 0) is 132 Å². The number of carbonyl (C=O) groups excluding carboxylic acids is 7. The van der Waals surface area contributed by atoms with Crippen LogP contribution in [0.3, 0.4) is 0 Å². The van der Waals surface area contributed by atoms with Gasteiger partial charge in [-0.1, -0.05) is 75.2 Å². The van der Waals surface area contributed by atoms with Crippen molar-refractivity contribution in [2.75, 3.05) is 59.3 Å². The number of carbonyl (C=O) groups is 8. The number of carboxylic acids is 1. The van der Waals surface area contributed by atoms with Crippen molar-refractivity contribution in [2.24, 2.45) is 59.2 Å². The van der Waals surface area contributed by atoms with Crippen LogP contribution in [0.1, 0.15) is 212 Å². The molecule has 0 aromatic rings. The summed E-state index contributed by atoms with van der Waals surface area (Å²) >= 11 is 0. The van der Waals surface area contributed by atoms with Gasteiger partial charge in [0.05, 0.1) is 24.4 Å². The summed E-state index contributed by atoms with van der Waals surface area (Å²) in [5, 5.41) is 32.0. The minimum Gasteiger partial charge on any atom is -0.481 e. The van der Waals surface area contributed by atoms with Crippen LogP contribution in [-0.2, 0) is 81.0 Å². The molecule has 18 atom stereocenters. The highest BCUT2D eigenvalue weighted by molar-refractivity contribution is 5.92. The summed E-state index contributed by atoms with van der Waals surface area (Å²) in [5.74, 6) is -1.92. The minimum absolute atomic E-state index is 0.0343. The lowest BCUT2D eigenvalue weighted by Crippen LogP contribution is -2.47. The maximum Gasteiger partial charge on any atom is 0.303 e. The van der Waals surface area contributed by atoms with E-state index in [4.69, 9.17) is 47.7 Å². The largest absolute Gasteiger partial charge is 0.481 e. The average Bonchev–Trinajstić information content (AvgIpc) is 1.09. The maximum absolute atomic E-state index is 14.4. The molecule has 3 fully saturated rings. The Morgan fingerprint density at radius 3 is 1.30 bits per heavy atom. The molecule has 520 valence electrons. The van der Waals surface area contributed by atoms with Crippen molar-refractivity contribution in [3.05, 3.63) is 0 Å². The Morgan fingerprint density at radius 2 is 0.833 bits per heavy atom. The molecule has 0 aromatic heterocycles. The van der Waals surface area contributed by atoms with Crippen LogP contribution < -0.4 is 21.3 Å². The quantitative estimate of drug-likeness (QED) is 0.0144. The third-order valence-corrected chi connectivity index (χ3v) is 19.1. The summed E-state index contributed by atoms with van der Waals surface area (Å²) in [4.78, 5) is 100. The molecule has 0 aliphatic carbocycles. The van der Waals surface area contributed by atoms with Crippen LogP contribution in [0.4, 0.5) is 0 Å². The Kier molecular flexibility index (Phi) is 39.3. The van der Waals surface area contributed by atoms with Gasteiger partial charge in [-0.3, -0.25) is 43.7 Å². The molecule has 23 heteroatoms. The standard InChI is InChI=1S/C67H118N4O19/c1-42-45(4)57(39-85-51(10)72)88-65(48(42)7)82-35-23-17-28-60(76)68-32-21-15-26-54(64(81)70-34-20-13-14-31-63(79)80)38-56(75)55(71-62(78)30-19-25-37-84-67-50(9)44(3)47(6)59(90-67)41-87-53(12)74)27-16-22-33-69-61(77)29-18-24-36-83-66-49(8)43(2)46(5)58(89-66)40-86-52(11)73/h42-50,54-55,57-59,61,65-67,69,77H,13-41H2,1-12H3,(H,68,76)(H,70,81)(H,71,78)(H,79,80)/t42-,43-,44-,45+,46+,47+,48?,49?,50?,54?,55?,57?,58?,59?,61?,65+,66+,67+/m0/s1. The van der Waals surface area contributed by atoms with E-state index < -0.39 is 43.0 Å². The number of aliphatic carboxylic acids is 1. The van der Waals surface area contributed by atoms with Crippen LogP contribution in [0, 0.1) is 59.2 Å². The number of Topliss-reactive ketones (excluding diaryl/α,β-unsaturated/α-hetero) is 1. The van der Waals surface area contributed by atoms with Crippen molar-refractivity contribution in [1.29, 1.82) is 0 Å². The normalized spacial score (nSPS) is 27.8. The average molecular weight is 1280 g/mol. The van der Waals surface area contributed by atoms with E-state index in [9.17, 15) is 43.5 Å². The number of rotatable bonds is 46. The molecule has 0 bridgehead atoms. The second-order valence-corrected chi connectivity index (χ2v) is 26.1. The summed E-state index contributed by atoms with van der Waals surface area (Å²) < 4.78 is 52.8. The Bertz CT molecular complexity index is 2120. The van der Waals surface area contributed by atoms with E-state index in [0.717, 1.165) is 0 Å². The second kappa shape index (κ2) is 44.3. The van der Waals surface area contributed by atoms with Crippen molar-refractivity contribution in [1.82, 2.24) is 21.3 Å². The number of aliphatic hydroxyl groups excluding tert-OH is 1. The molecule has 6 N–H and O–H groups in total. The third-order valence-electron chi connectivity index (χ3n) is 19.1. The number of unbranched alkanes of at least 4 members (excludes halogenated alkanes) is 7. The Labute approximate surface area is 537 Å². The molecular weight excluding hydrogens is 1160 g/mol. The molecule has 3 aliphatic rings. The molecule has 3 aliphatic heterocycles. The fraction of sp³-hybridized carbons (Fsp3) is 0.881. The number of hydrogen-bond acceptors (Lipinski definition) is 19. The van der Waals surface area contributed by atoms with Crippen molar-refractivity contribution >= 4 is 47.4 Å².